The van der Waals surface area contributed by atoms with E-state index in [4.69, 9.17) is 9.72 Å². The highest BCUT2D eigenvalue weighted by molar-refractivity contribution is 5.75. The van der Waals surface area contributed by atoms with E-state index in [1.54, 1.807) is 0 Å². The zero-order valence-corrected chi connectivity index (χ0v) is 17.2. The SMILES string of the molecule is CCCCc1nc2ccccc2n1CCCOc1cc(C)ccc1C(C)C. The molecule has 1 heterocycles. The minimum atomic E-state index is 0.471. The van der Waals surface area contributed by atoms with Crippen molar-refractivity contribution in [3.05, 3.63) is 59.4 Å². The largest absolute Gasteiger partial charge is 0.493 e. The number of ether oxygens (including phenoxy) is 1. The molecule has 3 heteroatoms. The summed E-state index contributed by atoms with van der Waals surface area (Å²) in [6.45, 7) is 10.5. The highest BCUT2D eigenvalue weighted by Crippen LogP contribution is 2.27. The first-order valence-electron chi connectivity index (χ1n) is 10.3. The van der Waals surface area contributed by atoms with Gasteiger partial charge < -0.3 is 9.30 Å². The van der Waals surface area contributed by atoms with Crippen LogP contribution in [-0.2, 0) is 13.0 Å². The molecule has 1 aromatic heterocycles. The van der Waals surface area contributed by atoms with Crippen LogP contribution in [0.3, 0.4) is 0 Å². The Morgan fingerprint density at radius 1 is 1.07 bits per heavy atom. The molecular formula is C24H32N2O. The molecule has 0 radical (unpaired) electrons. The second-order valence-corrected chi connectivity index (χ2v) is 7.67. The molecule has 0 amide bonds. The van der Waals surface area contributed by atoms with Crippen LogP contribution in [-0.4, -0.2) is 16.2 Å². The lowest BCUT2D eigenvalue weighted by Gasteiger charge is -2.15. The van der Waals surface area contributed by atoms with Crippen LogP contribution in [0.2, 0.25) is 0 Å². The molecule has 0 aliphatic heterocycles. The van der Waals surface area contributed by atoms with Gasteiger partial charge in [-0.2, -0.15) is 0 Å². The zero-order chi connectivity index (χ0) is 19.2. The van der Waals surface area contributed by atoms with Gasteiger partial charge in [-0.1, -0.05) is 51.5 Å². The third kappa shape index (κ3) is 4.71. The Labute approximate surface area is 163 Å². The van der Waals surface area contributed by atoms with Gasteiger partial charge in [0.15, 0.2) is 0 Å². The lowest BCUT2D eigenvalue weighted by atomic mass is 10.0. The van der Waals surface area contributed by atoms with Gasteiger partial charge >= 0.3 is 0 Å². The first-order chi connectivity index (χ1) is 13.1. The summed E-state index contributed by atoms with van der Waals surface area (Å²) in [5.74, 6) is 2.71. The van der Waals surface area contributed by atoms with E-state index in [0.717, 1.165) is 37.3 Å². The molecule has 0 saturated carbocycles. The van der Waals surface area contributed by atoms with E-state index < -0.39 is 0 Å². The van der Waals surface area contributed by atoms with Crippen LogP contribution in [0, 0.1) is 6.92 Å². The maximum atomic E-state index is 6.18. The second-order valence-electron chi connectivity index (χ2n) is 7.67. The fraction of sp³-hybridized carbons (Fsp3) is 0.458. The molecule has 0 aliphatic carbocycles. The van der Waals surface area contributed by atoms with Gasteiger partial charge in [-0.3, -0.25) is 0 Å². The van der Waals surface area contributed by atoms with E-state index in [1.807, 2.05) is 0 Å². The van der Waals surface area contributed by atoms with Crippen LogP contribution in [0.5, 0.6) is 5.75 Å². The van der Waals surface area contributed by atoms with Crippen molar-refractivity contribution >= 4 is 11.0 Å². The summed E-state index contributed by atoms with van der Waals surface area (Å²) in [6.07, 6.45) is 4.39. The van der Waals surface area contributed by atoms with Crippen LogP contribution in [0.15, 0.2) is 42.5 Å². The molecule has 0 atom stereocenters. The molecule has 0 N–H and O–H groups in total. The standard InChI is InChI=1S/C24H32N2O/c1-5-6-12-24-25-21-10-7-8-11-22(21)26(24)15-9-16-27-23-17-19(4)13-14-20(23)18(2)3/h7-8,10-11,13-14,17-18H,5-6,9,12,15-16H2,1-4H3. The Morgan fingerprint density at radius 3 is 2.67 bits per heavy atom. The van der Waals surface area contributed by atoms with E-state index in [1.165, 1.54) is 35.3 Å². The molecule has 0 spiro atoms. The maximum absolute atomic E-state index is 6.18. The van der Waals surface area contributed by atoms with Gasteiger partial charge in [-0.05, 0) is 55.0 Å². The number of aromatic nitrogens is 2. The number of rotatable bonds is 9. The molecule has 0 saturated heterocycles. The normalized spacial score (nSPS) is 11.4. The third-order valence-corrected chi connectivity index (χ3v) is 5.06. The van der Waals surface area contributed by atoms with Crippen molar-refractivity contribution in [3.63, 3.8) is 0 Å². The van der Waals surface area contributed by atoms with Crippen LogP contribution in [0.4, 0.5) is 0 Å². The topological polar surface area (TPSA) is 27.1 Å². The maximum Gasteiger partial charge on any atom is 0.123 e. The van der Waals surface area contributed by atoms with Crippen LogP contribution in [0.1, 0.15) is 62.9 Å². The molecule has 0 fully saturated rings. The van der Waals surface area contributed by atoms with Gasteiger partial charge in [0.25, 0.3) is 0 Å². The number of fused-ring (bicyclic) bond motifs is 1. The molecule has 2 aromatic carbocycles. The number of benzene rings is 2. The molecule has 27 heavy (non-hydrogen) atoms. The monoisotopic (exact) mass is 364 g/mol. The summed E-state index contributed by atoms with van der Waals surface area (Å²) in [7, 11) is 0. The quantitative estimate of drug-likeness (QED) is 0.418. The fourth-order valence-electron chi connectivity index (χ4n) is 3.55. The Morgan fingerprint density at radius 2 is 1.89 bits per heavy atom. The van der Waals surface area contributed by atoms with Gasteiger partial charge in [0.1, 0.15) is 11.6 Å². The highest BCUT2D eigenvalue weighted by Gasteiger charge is 2.11. The lowest BCUT2D eigenvalue weighted by molar-refractivity contribution is 0.297. The zero-order valence-electron chi connectivity index (χ0n) is 17.2. The van der Waals surface area contributed by atoms with Crippen molar-refractivity contribution in [2.45, 2.75) is 65.8 Å². The number of unbranched alkanes of at least 4 members (excludes halogenated alkanes) is 1. The van der Waals surface area contributed by atoms with E-state index >= 15 is 0 Å². The Hall–Kier alpha value is -2.29. The first-order valence-corrected chi connectivity index (χ1v) is 10.3. The summed E-state index contributed by atoms with van der Waals surface area (Å²) in [4.78, 5) is 4.86. The molecule has 0 bridgehead atoms. The predicted molar refractivity (Wildman–Crippen MR) is 114 cm³/mol. The van der Waals surface area contributed by atoms with Crippen molar-refractivity contribution < 1.29 is 4.74 Å². The fourth-order valence-corrected chi connectivity index (χ4v) is 3.55. The van der Waals surface area contributed by atoms with E-state index in [0.29, 0.717) is 5.92 Å². The summed E-state index contributed by atoms with van der Waals surface area (Å²) in [5.41, 5.74) is 4.88. The average molecular weight is 365 g/mol. The van der Waals surface area contributed by atoms with Crippen molar-refractivity contribution in [1.29, 1.82) is 0 Å². The van der Waals surface area contributed by atoms with Crippen LogP contribution < -0.4 is 4.74 Å². The number of nitrogens with zero attached hydrogens (tertiary/aromatic N) is 2. The van der Waals surface area contributed by atoms with E-state index in [2.05, 4.69) is 74.7 Å². The predicted octanol–water partition coefficient (Wildman–Crippen LogP) is 6.28. The Balaban J connectivity index is 1.68. The van der Waals surface area contributed by atoms with Crippen molar-refractivity contribution in [3.8, 4) is 5.75 Å². The van der Waals surface area contributed by atoms with Crippen molar-refractivity contribution in [2.24, 2.45) is 0 Å². The van der Waals surface area contributed by atoms with Crippen molar-refractivity contribution in [1.82, 2.24) is 9.55 Å². The number of imidazole rings is 1. The third-order valence-electron chi connectivity index (χ3n) is 5.06. The summed E-state index contributed by atoms with van der Waals surface area (Å²) in [5, 5.41) is 0. The van der Waals surface area contributed by atoms with Gasteiger partial charge in [0.2, 0.25) is 0 Å². The van der Waals surface area contributed by atoms with Gasteiger partial charge in [0.05, 0.1) is 17.6 Å². The summed E-state index contributed by atoms with van der Waals surface area (Å²) in [6, 6.07) is 15.0. The van der Waals surface area contributed by atoms with E-state index in [-0.39, 0.29) is 0 Å². The summed E-state index contributed by atoms with van der Waals surface area (Å²) < 4.78 is 8.56. The number of aryl methyl sites for hydroxylation is 3. The van der Waals surface area contributed by atoms with Gasteiger partial charge in [0, 0.05) is 13.0 Å². The number of para-hydroxylation sites is 2. The van der Waals surface area contributed by atoms with Crippen LogP contribution >= 0.6 is 0 Å². The lowest BCUT2D eigenvalue weighted by Crippen LogP contribution is -2.09. The molecule has 0 unspecified atom stereocenters. The minimum Gasteiger partial charge on any atom is -0.493 e. The minimum absolute atomic E-state index is 0.471. The van der Waals surface area contributed by atoms with Gasteiger partial charge in [-0.15, -0.1) is 0 Å². The molecule has 3 nitrogen and oxygen atoms in total. The Kier molecular flexibility index (Phi) is 6.54. The number of hydrogen-bond donors (Lipinski definition) is 0. The smallest absolute Gasteiger partial charge is 0.123 e. The summed E-state index contributed by atoms with van der Waals surface area (Å²) >= 11 is 0. The van der Waals surface area contributed by atoms with Crippen molar-refractivity contribution in [2.75, 3.05) is 6.61 Å². The van der Waals surface area contributed by atoms with E-state index in [9.17, 15) is 0 Å². The molecule has 3 rings (SSSR count). The molecular weight excluding hydrogens is 332 g/mol. The second kappa shape index (κ2) is 9.07. The number of hydrogen-bond acceptors (Lipinski definition) is 2. The highest BCUT2D eigenvalue weighted by atomic mass is 16.5. The Bertz CT molecular complexity index is 879. The van der Waals surface area contributed by atoms with Crippen LogP contribution in [0.25, 0.3) is 11.0 Å². The molecule has 144 valence electrons. The average Bonchev–Trinajstić information content (AvgIpc) is 3.01. The molecule has 3 aromatic rings. The molecule has 0 aliphatic rings. The first kappa shape index (κ1) is 19.5. The van der Waals surface area contributed by atoms with Gasteiger partial charge in [-0.25, -0.2) is 4.98 Å².